The van der Waals surface area contributed by atoms with Gasteiger partial charge in [-0.05, 0) is 124 Å². The average molecular weight is 861 g/mol. The van der Waals surface area contributed by atoms with Gasteiger partial charge in [-0.2, -0.15) is 0 Å². The first-order chi connectivity index (χ1) is 32.7. The van der Waals surface area contributed by atoms with Crippen LogP contribution in [0.2, 0.25) is 0 Å². The summed E-state index contributed by atoms with van der Waals surface area (Å²) in [4.78, 5) is 4.88. The Morgan fingerprint density at radius 3 is 1.73 bits per heavy atom. The van der Waals surface area contributed by atoms with Gasteiger partial charge in [-0.1, -0.05) is 152 Å². The van der Waals surface area contributed by atoms with Crippen LogP contribution in [0.15, 0.2) is 247 Å². The van der Waals surface area contributed by atoms with E-state index in [9.17, 15) is 0 Å². The topological polar surface area (TPSA) is 19.6 Å². The highest BCUT2D eigenvalue weighted by Crippen LogP contribution is 2.49. The summed E-state index contributed by atoms with van der Waals surface area (Å²) in [5, 5.41) is 9.61. The number of furan rings is 1. The van der Waals surface area contributed by atoms with E-state index in [0.717, 1.165) is 78.3 Å². The maximum Gasteiger partial charge on any atom is 0.135 e. The molecule has 11 aromatic carbocycles. The standard InChI is InChI=1S/C62H40N2OS/c1-3-19-45(20-4-1)63(47-32-35-62-56(39-47)54-27-12-14-29-61(54)66-62)48-31-33-50(43-18-15-17-41(36-43)42-30-34-60-55(37-42)53-26-11-13-28-59(53)65-60)58(40-48)64(46-21-5-2-6-22-46)57-38-44-16-7-8-23-49(44)51-24-9-10-25-52(51)57/h1-40H. The molecule has 66 heavy (non-hydrogen) atoms. The van der Waals surface area contributed by atoms with Crippen LogP contribution in [0.3, 0.4) is 0 Å². The highest BCUT2D eigenvalue weighted by Gasteiger charge is 2.24. The maximum absolute atomic E-state index is 6.24. The lowest BCUT2D eigenvalue weighted by Crippen LogP contribution is -2.14. The number of hydrogen-bond acceptors (Lipinski definition) is 4. The van der Waals surface area contributed by atoms with Crippen LogP contribution in [0.5, 0.6) is 0 Å². The Hall–Kier alpha value is -8.44. The minimum Gasteiger partial charge on any atom is -0.456 e. The molecule has 0 atom stereocenters. The Balaban J connectivity index is 1.07. The molecule has 0 aliphatic rings. The molecule has 0 saturated carbocycles. The summed E-state index contributed by atoms with van der Waals surface area (Å²) in [6.45, 7) is 0. The molecule has 0 spiro atoms. The van der Waals surface area contributed by atoms with Crippen molar-refractivity contribution in [3.05, 3.63) is 243 Å². The van der Waals surface area contributed by atoms with Gasteiger partial charge in [-0.25, -0.2) is 0 Å². The second-order valence-corrected chi connectivity index (χ2v) is 18.0. The first-order valence-corrected chi connectivity index (χ1v) is 23.2. The first kappa shape index (κ1) is 38.1. The second kappa shape index (κ2) is 15.7. The van der Waals surface area contributed by atoms with E-state index < -0.39 is 0 Å². The van der Waals surface area contributed by atoms with Crippen molar-refractivity contribution >= 4 is 109 Å². The third-order valence-electron chi connectivity index (χ3n) is 13.0. The van der Waals surface area contributed by atoms with Crippen LogP contribution >= 0.6 is 11.3 Å². The van der Waals surface area contributed by atoms with Gasteiger partial charge in [0.25, 0.3) is 0 Å². The molecular formula is C62H40N2OS. The van der Waals surface area contributed by atoms with Gasteiger partial charge in [0, 0.05) is 64.6 Å². The summed E-state index contributed by atoms with van der Waals surface area (Å²) < 4.78 is 8.82. The molecule has 4 heteroatoms. The zero-order valence-corrected chi connectivity index (χ0v) is 36.6. The quantitative estimate of drug-likeness (QED) is 0.142. The lowest BCUT2D eigenvalue weighted by atomic mass is 9.95. The molecule has 0 aliphatic carbocycles. The lowest BCUT2D eigenvalue weighted by molar-refractivity contribution is 0.669. The summed E-state index contributed by atoms with van der Waals surface area (Å²) >= 11 is 1.85. The van der Waals surface area contributed by atoms with Crippen LogP contribution in [0.4, 0.5) is 34.1 Å². The van der Waals surface area contributed by atoms with Gasteiger partial charge < -0.3 is 14.2 Å². The van der Waals surface area contributed by atoms with Gasteiger partial charge in [0.1, 0.15) is 11.2 Å². The number of rotatable bonds is 8. The number of benzene rings is 11. The molecule has 0 aliphatic heterocycles. The summed E-state index contributed by atoms with van der Waals surface area (Å²) in [5.41, 5.74) is 12.8. The Bertz CT molecular complexity index is 3960. The molecule has 3 nitrogen and oxygen atoms in total. The number of nitrogens with zero attached hydrogens (tertiary/aromatic N) is 2. The highest BCUT2D eigenvalue weighted by molar-refractivity contribution is 7.25. The Morgan fingerprint density at radius 1 is 0.288 bits per heavy atom. The van der Waals surface area contributed by atoms with Gasteiger partial charge >= 0.3 is 0 Å². The smallest absolute Gasteiger partial charge is 0.135 e. The van der Waals surface area contributed by atoms with E-state index in [1.807, 2.05) is 23.5 Å². The molecule has 2 heterocycles. The van der Waals surface area contributed by atoms with E-state index in [4.69, 9.17) is 4.42 Å². The monoisotopic (exact) mass is 860 g/mol. The Morgan fingerprint density at radius 2 is 0.894 bits per heavy atom. The van der Waals surface area contributed by atoms with E-state index >= 15 is 0 Å². The zero-order valence-electron chi connectivity index (χ0n) is 35.8. The molecule has 0 amide bonds. The third kappa shape index (κ3) is 6.42. The van der Waals surface area contributed by atoms with Gasteiger partial charge in [0.2, 0.25) is 0 Å². The molecule has 13 aromatic rings. The summed E-state index contributed by atoms with van der Waals surface area (Å²) in [6.07, 6.45) is 0. The van der Waals surface area contributed by atoms with Crippen molar-refractivity contribution in [2.45, 2.75) is 0 Å². The summed E-state index contributed by atoms with van der Waals surface area (Å²) in [5.74, 6) is 0. The molecule has 0 unspecified atom stereocenters. The van der Waals surface area contributed by atoms with Crippen LogP contribution in [-0.4, -0.2) is 0 Å². The SMILES string of the molecule is c1ccc(N(c2ccc(-c3cccc(-c4ccc5oc6ccccc6c5c4)c3)c(N(c3ccccc3)c3cc4ccccc4c4ccccc34)c2)c2ccc3sc4ccccc4c3c2)cc1. The summed E-state index contributed by atoms with van der Waals surface area (Å²) in [6, 6.07) is 88.1. The Kier molecular flexibility index (Phi) is 9.03. The predicted molar refractivity (Wildman–Crippen MR) is 282 cm³/mol. The average Bonchev–Trinajstić information content (AvgIpc) is 3.95. The molecular weight excluding hydrogens is 821 g/mol. The number of thiophene rings is 1. The van der Waals surface area contributed by atoms with Crippen molar-refractivity contribution in [1.82, 2.24) is 0 Å². The van der Waals surface area contributed by atoms with Crippen LogP contribution in [0.25, 0.3) is 85.9 Å². The predicted octanol–water partition coefficient (Wildman–Crippen LogP) is 18.5. The van der Waals surface area contributed by atoms with Gasteiger partial charge in [-0.15, -0.1) is 11.3 Å². The fourth-order valence-electron chi connectivity index (χ4n) is 9.94. The van der Waals surface area contributed by atoms with Crippen molar-refractivity contribution in [1.29, 1.82) is 0 Å². The fraction of sp³-hybridized carbons (Fsp3) is 0. The minimum absolute atomic E-state index is 0.893. The number of anilines is 6. The van der Waals surface area contributed by atoms with Gasteiger partial charge in [0.15, 0.2) is 0 Å². The maximum atomic E-state index is 6.24. The molecule has 310 valence electrons. The molecule has 0 N–H and O–H groups in total. The largest absolute Gasteiger partial charge is 0.456 e. The molecule has 0 saturated heterocycles. The van der Waals surface area contributed by atoms with Crippen LogP contribution < -0.4 is 9.80 Å². The van der Waals surface area contributed by atoms with Crippen LogP contribution in [-0.2, 0) is 0 Å². The fourth-order valence-corrected chi connectivity index (χ4v) is 11.0. The molecule has 0 radical (unpaired) electrons. The van der Waals surface area contributed by atoms with Crippen molar-refractivity contribution in [3.8, 4) is 22.3 Å². The second-order valence-electron chi connectivity index (χ2n) is 16.9. The first-order valence-electron chi connectivity index (χ1n) is 22.4. The van der Waals surface area contributed by atoms with Crippen LogP contribution in [0.1, 0.15) is 0 Å². The highest BCUT2D eigenvalue weighted by atomic mass is 32.1. The van der Waals surface area contributed by atoms with Crippen molar-refractivity contribution in [2.24, 2.45) is 0 Å². The van der Waals surface area contributed by atoms with Crippen molar-refractivity contribution in [3.63, 3.8) is 0 Å². The van der Waals surface area contributed by atoms with E-state index in [1.165, 1.54) is 41.7 Å². The minimum atomic E-state index is 0.893. The lowest BCUT2D eigenvalue weighted by Gasteiger charge is -2.32. The molecule has 0 fully saturated rings. The van der Waals surface area contributed by atoms with E-state index in [-0.39, 0.29) is 0 Å². The van der Waals surface area contributed by atoms with Crippen molar-refractivity contribution < 1.29 is 4.42 Å². The van der Waals surface area contributed by atoms with Gasteiger partial charge in [0.05, 0.1) is 11.4 Å². The van der Waals surface area contributed by atoms with E-state index in [1.54, 1.807) is 0 Å². The Labute approximate surface area is 386 Å². The van der Waals surface area contributed by atoms with Gasteiger partial charge in [-0.3, -0.25) is 0 Å². The molecule has 0 bridgehead atoms. The summed E-state index contributed by atoms with van der Waals surface area (Å²) in [7, 11) is 0. The van der Waals surface area contributed by atoms with Crippen molar-refractivity contribution in [2.75, 3.05) is 9.80 Å². The number of para-hydroxylation sites is 3. The molecule has 13 rings (SSSR count). The van der Waals surface area contributed by atoms with E-state index in [0.29, 0.717) is 0 Å². The van der Waals surface area contributed by atoms with E-state index in [2.05, 4.69) is 240 Å². The normalized spacial score (nSPS) is 11.6. The number of hydrogen-bond donors (Lipinski definition) is 0. The number of fused-ring (bicyclic) bond motifs is 9. The third-order valence-corrected chi connectivity index (χ3v) is 14.2. The molecule has 2 aromatic heterocycles. The zero-order chi connectivity index (χ0) is 43.6. The van der Waals surface area contributed by atoms with Crippen LogP contribution in [0, 0.1) is 0 Å².